The van der Waals surface area contributed by atoms with Gasteiger partial charge in [0.2, 0.25) is 0 Å². The van der Waals surface area contributed by atoms with Crippen LogP contribution in [-0.2, 0) is 9.53 Å². The molecule has 0 saturated carbocycles. The van der Waals surface area contributed by atoms with Crippen LogP contribution in [0.3, 0.4) is 0 Å². The van der Waals surface area contributed by atoms with Crippen molar-refractivity contribution in [3.05, 3.63) is 12.2 Å². The smallest absolute Gasteiger partial charge is 0.306 e. The van der Waals surface area contributed by atoms with E-state index in [2.05, 4.69) is 13.0 Å². The topological polar surface area (TPSA) is 26.3 Å². The number of esters is 1. The fourth-order valence-electron chi connectivity index (χ4n) is 1.62. The number of hydrogen-bond donors (Lipinski definition) is 0. The van der Waals surface area contributed by atoms with Gasteiger partial charge in [0.15, 0.2) is 0 Å². The first-order chi connectivity index (χ1) is 6.83. The van der Waals surface area contributed by atoms with Crippen molar-refractivity contribution in [3.63, 3.8) is 0 Å². The zero-order chi connectivity index (χ0) is 10.2. The molecule has 2 nitrogen and oxygen atoms in total. The Morgan fingerprint density at radius 3 is 2.93 bits per heavy atom. The quantitative estimate of drug-likeness (QED) is 0.370. The molecule has 0 radical (unpaired) electrons. The average Bonchev–Trinajstić information content (AvgIpc) is 2.58. The third-order valence-electron chi connectivity index (χ3n) is 2.49. The van der Waals surface area contributed by atoms with Gasteiger partial charge in [-0.05, 0) is 25.3 Å². The summed E-state index contributed by atoms with van der Waals surface area (Å²) >= 11 is 0. The maximum Gasteiger partial charge on any atom is 0.306 e. The summed E-state index contributed by atoms with van der Waals surface area (Å²) in [6.45, 7) is 2.22. The normalized spacial score (nSPS) is 21.8. The molecule has 80 valence electrons. The van der Waals surface area contributed by atoms with Gasteiger partial charge in [-0.25, -0.2) is 0 Å². The van der Waals surface area contributed by atoms with Crippen LogP contribution >= 0.6 is 0 Å². The monoisotopic (exact) mass is 196 g/mol. The van der Waals surface area contributed by atoms with E-state index in [0.717, 1.165) is 12.8 Å². The van der Waals surface area contributed by atoms with Gasteiger partial charge >= 0.3 is 5.97 Å². The maximum absolute atomic E-state index is 10.8. The van der Waals surface area contributed by atoms with Crippen molar-refractivity contribution in [1.82, 2.24) is 0 Å². The molecule has 0 unspecified atom stereocenters. The van der Waals surface area contributed by atoms with E-state index in [0.29, 0.717) is 6.42 Å². The summed E-state index contributed by atoms with van der Waals surface area (Å²) in [5.41, 5.74) is 0. The van der Waals surface area contributed by atoms with E-state index >= 15 is 0 Å². The Bertz CT molecular complexity index is 196. The number of ether oxygens (including phenoxy) is 1. The van der Waals surface area contributed by atoms with Crippen molar-refractivity contribution < 1.29 is 9.53 Å². The Hall–Kier alpha value is -0.790. The van der Waals surface area contributed by atoms with Crippen LogP contribution in [0.2, 0.25) is 0 Å². The fraction of sp³-hybridized carbons (Fsp3) is 0.750. The minimum atomic E-state index is -0.0503. The Morgan fingerprint density at radius 1 is 1.43 bits per heavy atom. The highest BCUT2D eigenvalue weighted by Gasteiger charge is 2.19. The Balaban J connectivity index is 2.00. The zero-order valence-corrected chi connectivity index (χ0v) is 9.00. The number of unbranched alkanes of at least 4 members (excludes halogenated alkanes) is 4. The first-order valence-corrected chi connectivity index (χ1v) is 5.69. The molecule has 0 spiro atoms. The molecule has 1 fully saturated rings. The second kappa shape index (κ2) is 6.63. The third kappa shape index (κ3) is 4.45. The van der Waals surface area contributed by atoms with Gasteiger partial charge in [0, 0.05) is 6.42 Å². The number of carbonyl (C=O) groups excluding carboxylic acids is 1. The predicted molar refractivity (Wildman–Crippen MR) is 57.0 cm³/mol. The van der Waals surface area contributed by atoms with Gasteiger partial charge in [0.05, 0.1) is 0 Å². The predicted octanol–water partition coefficient (Wildman–Crippen LogP) is 3.22. The molecule has 0 aliphatic carbocycles. The molecular formula is C12H20O2. The van der Waals surface area contributed by atoms with Gasteiger partial charge in [-0.1, -0.05) is 32.3 Å². The molecule has 2 heteroatoms. The molecule has 1 aliphatic heterocycles. The van der Waals surface area contributed by atoms with Crippen LogP contribution in [0.15, 0.2) is 12.2 Å². The zero-order valence-electron chi connectivity index (χ0n) is 9.00. The molecular weight excluding hydrogens is 176 g/mol. The molecule has 1 rings (SSSR count). The Kier molecular flexibility index (Phi) is 5.35. The van der Waals surface area contributed by atoms with Crippen molar-refractivity contribution in [1.29, 1.82) is 0 Å². The molecule has 1 heterocycles. The van der Waals surface area contributed by atoms with Crippen molar-refractivity contribution in [2.75, 3.05) is 0 Å². The number of cyclic esters (lactones) is 1. The van der Waals surface area contributed by atoms with Crippen molar-refractivity contribution >= 4 is 5.97 Å². The number of hydrogen-bond acceptors (Lipinski definition) is 2. The molecule has 14 heavy (non-hydrogen) atoms. The lowest BCUT2D eigenvalue weighted by Crippen LogP contribution is -2.01. The van der Waals surface area contributed by atoms with E-state index in [1.54, 1.807) is 0 Å². The minimum absolute atomic E-state index is 0.0503. The average molecular weight is 196 g/mol. The molecule has 1 saturated heterocycles. The summed E-state index contributed by atoms with van der Waals surface area (Å²) in [6, 6.07) is 0. The Labute approximate surface area is 86.3 Å². The van der Waals surface area contributed by atoms with Crippen molar-refractivity contribution in [2.45, 2.75) is 58.0 Å². The van der Waals surface area contributed by atoms with Crippen LogP contribution in [0.5, 0.6) is 0 Å². The van der Waals surface area contributed by atoms with Gasteiger partial charge in [0.25, 0.3) is 0 Å². The summed E-state index contributed by atoms with van der Waals surface area (Å²) in [5.74, 6) is -0.0503. The molecule has 0 amide bonds. The second-order valence-corrected chi connectivity index (χ2v) is 3.84. The molecule has 0 aromatic rings. The molecule has 1 aliphatic rings. The van der Waals surface area contributed by atoms with E-state index in [1.807, 2.05) is 6.08 Å². The molecule has 0 bridgehead atoms. The minimum Gasteiger partial charge on any atom is -0.458 e. The summed E-state index contributed by atoms with van der Waals surface area (Å²) < 4.78 is 5.06. The van der Waals surface area contributed by atoms with Crippen LogP contribution in [0.25, 0.3) is 0 Å². The number of carbonyl (C=O) groups is 1. The molecule has 0 aromatic carbocycles. The van der Waals surface area contributed by atoms with E-state index in [4.69, 9.17) is 4.74 Å². The van der Waals surface area contributed by atoms with Gasteiger partial charge in [-0.3, -0.25) is 4.79 Å². The van der Waals surface area contributed by atoms with Crippen LogP contribution in [-0.4, -0.2) is 12.1 Å². The van der Waals surface area contributed by atoms with Gasteiger partial charge < -0.3 is 4.74 Å². The highest BCUT2D eigenvalue weighted by molar-refractivity contribution is 5.71. The summed E-state index contributed by atoms with van der Waals surface area (Å²) in [4.78, 5) is 10.8. The first kappa shape index (κ1) is 11.3. The van der Waals surface area contributed by atoms with Gasteiger partial charge in [-0.15, -0.1) is 0 Å². The Morgan fingerprint density at radius 2 is 2.29 bits per heavy atom. The lowest BCUT2D eigenvalue weighted by molar-refractivity contribution is -0.139. The third-order valence-corrected chi connectivity index (χ3v) is 2.49. The first-order valence-electron chi connectivity index (χ1n) is 5.69. The second-order valence-electron chi connectivity index (χ2n) is 3.84. The molecule has 0 N–H and O–H groups in total. The molecule has 1 atom stereocenters. The lowest BCUT2D eigenvalue weighted by atomic mass is 10.1. The lowest BCUT2D eigenvalue weighted by Gasteiger charge is -2.01. The highest BCUT2D eigenvalue weighted by Crippen LogP contribution is 2.15. The summed E-state index contributed by atoms with van der Waals surface area (Å²) in [5, 5.41) is 0. The van der Waals surface area contributed by atoms with E-state index in [1.165, 1.54) is 25.7 Å². The SMILES string of the molecule is CCCCCCC=C[C@H]1CCC(=O)O1. The highest BCUT2D eigenvalue weighted by atomic mass is 16.5. The van der Waals surface area contributed by atoms with Crippen LogP contribution in [0.4, 0.5) is 0 Å². The summed E-state index contributed by atoms with van der Waals surface area (Å²) in [7, 11) is 0. The van der Waals surface area contributed by atoms with Gasteiger partial charge in [-0.2, -0.15) is 0 Å². The summed E-state index contributed by atoms with van der Waals surface area (Å²) in [6.07, 6.45) is 12.0. The van der Waals surface area contributed by atoms with Crippen LogP contribution < -0.4 is 0 Å². The van der Waals surface area contributed by atoms with E-state index in [9.17, 15) is 4.79 Å². The van der Waals surface area contributed by atoms with Crippen molar-refractivity contribution in [3.8, 4) is 0 Å². The number of rotatable bonds is 6. The van der Waals surface area contributed by atoms with Gasteiger partial charge in [0.1, 0.15) is 6.10 Å². The standard InChI is InChI=1S/C12H20O2/c1-2-3-4-5-6-7-8-11-9-10-12(13)14-11/h7-8,11H,2-6,9-10H2,1H3/t11-/m0/s1. The van der Waals surface area contributed by atoms with E-state index < -0.39 is 0 Å². The van der Waals surface area contributed by atoms with Crippen molar-refractivity contribution in [2.24, 2.45) is 0 Å². The largest absolute Gasteiger partial charge is 0.458 e. The number of allylic oxidation sites excluding steroid dienone is 1. The van der Waals surface area contributed by atoms with Crippen LogP contribution in [0.1, 0.15) is 51.9 Å². The maximum atomic E-state index is 10.8. The fourth-order valence-corrected chi connectivity index (χ4v) is 1.62. The van der Waals surface area contributed by atoms with Crippen LogP contribution in [0, 0.1) is 0 Å². The molecule has 0 aromatic heterocycles. The van der Waals surface area contributed by atoms with E-state index in [-0.39, 0.29) is 12.1 Å².